The van der Waals surface area contributed by atoms with Gasteiger partial charge in [0.25, 0.3) is 0 Å². The van der Waals surface area contributed by atoms with Gasteiger partial charge < -0.3 is 14.8 Å². The van der Waals surface area contributed by atoms with E-state index in [-0.39, 0.29) is 17.5 Å². The predicted molar refractivity (Wildman–Crippen MR) is 84.3 cm³/mol. The fraction of sp³-hybridized carbons (Fsp3) is 0.333. The Morgan fingerprint density at radius 2 is 2.00 bits per heavy atom. The number of carboxylic acids is 1. The molecule has 1 aliphatic carbocycles. The van der Waals surface area contributed by atoms with Crippen LogP contribution in [0.5, 0.6) is 0 Å². The Balaban J connectivity index is 1.53. The number of aryl methyl sites for hydroxylation is 2. The minimum Gasteiger partial charge on any atom is -0.478 e. The molecule has 0 spiro atoms. The number of rotatable bonds is 5. The third kappa shape index (κ3) is 3.62. The summed E-state index contributed by atoms with van der Waals surface area (Å²) in [6.07, 6.45) is 5.55. The van der Waals surface area contributed by atoms with Gasteiger partial charge in [-0.2, -0.15) is 0 Å². The number of carbonyl (C=O) groups excluding carboxylic acids is 1. The number of amides is 1. The Hall–Kier alpha value is -2.56. The fourth-order valence-electron chi connectivity index (χ4n) is 2.97. The zero-order chi connectivity index (χ0) is 16.2. The average molecular weight is 313 g/mol. The third-order valence-electron chi connectivity index (χ3n) is 4.23. The molecule has 1 aromatic heterocycles. The summed E-state index contributed by atoms with van der Waals surface area (Å²) in [5.74, 6) is 0.0414. The van der Waals surface area contributed by atoms with Crippen LogP contribution in [-0.4, -0.2) is 17.0 Å². The summed E-state index contributed by atoms with van der Waals surface area (Å²) in [7, 11) is 0. The molecule has 5 heteroatoms. The van der Waals surface area contributed by atoms with E-state index in [1.807, 2.05) is 6.07 Å². The summed E-state index contributed by atoms with van der Waals surface area (Å²) in [5.41, 5.74) is 2.31. The van der Waals surface area contributed by atoms with Crippen molar-refractivity contribution in [1.82, 2.24) is 5.32 Å². The number of nitrogens with one attached hydrogen (secondary N) is 1. The number of hydrogen-bond donors (Lipinski definition) is 2. The van der Waals surface area contributed by atoms with Crippen molar-refractivity contribution >= 4 is 11.9 Å². The number of carboxylic acid groups (broad SMARTS) is 1. The second-order valence-electron chi connectivity index (χ2n) is 5.81. The topological polar surface area (TPSA) is 79.5 Å². The first-order chi connectivity index (χ1) is 11.1. The molecule has 1 aliphatic rings. The smallest absolute Gasteiger partial charge is 0.335 e. The van der Waals surface area contributed by atoms with Gasteiger partial charge in [0.2, 0.25) is 5.91 Å². The van der Waals surface area contributed by atoms with E-state index in [2.05, 4.69) is 5.32 Å². The maximum absolute atomic E-state index is 12.2. The number of furan rings is 1. The quantitative estimate of drug-likeness (QED) is 0.889. The molecule has 23 heavy (non-hydrogen) atoms. The lowest BCUT2D eigenvalue weighted by molar-refractivity contribution is -0.121. The number of fused-ring (bicyclic) bond motifs is 1. The van der Waals surface area contributed by atoms with Gasteiger partial charge in [-0.3, -0.25) is 4.79 Å². The van der Waals surface area contributed by atoms with Crippen LogP contribution in [-0.2, 0) is 17.6 Å². The van der Waals surface area contributed by atoms with Crippen molar-refractivity contribution in [3.63, 3.8) is 0 Å². The lowest BCUT2D eigenvalue weighted by Gasteiger charge is -2.22. The van der Waals surface area contributed by atoms with Gasteiger partial charge in [0, 0.05) is 18.4 Å². The van der Waals surface area contributed by atoms with Gasteiger partial charge in [-0.25, -0.2) is 4.79 Å². The Morgan fingerprint density at radius 3 is 2.74 bits per heavy atom. The lowest BCUT2D eigenvalue weighted by Crippen LogP contribution is -2.30. The molecule has 1 aromatic carbocycles. The summed E-state index contributed by atoms with van der Waals surface area (Å²) in [5, 5.41) is 11.9. The number of benzene rings is 1. The minimum atomic E-state index is -0.942. The first-order valence-electron chi connectivity index (χ1n) is 7.81. The van der Waals surface area contributed by atoms with Gasteiger partial charge in [-0.15, -0.1) is 0 Å². The van der Waals surface area contributed by atoms with E-state index < -0.39 is 5.97 Å². The summed E-state index contributed by atoms with van der Waals surface area (Å²) in [4.78, 5) is 23.0. The number of hydrogen-bond acceptors (Lipinski definition) is 3. The van der Waals surface area contributed by atoms with Gasteiger partial charge in [0.15, 0.2) is 0 Å². The standard InChI is InChI=1S/C18H19NO4/c20-17(9-6-12-4-7-13(8-5-12)18(21)22)19-15-2-1-3-16-14(15)10-11-23-16/h4-5,7-8,10-11,15H,1-3,6,9H2,(H,19,20)(H,21,22). The largest absolute Gasteiger partial charge is 0.478 e. The Labute approximate surface area is 134 Å². The zero-order valence-electron chi connectivity index (χ0n) is 12.7. The number of aromatic carboxylic acids is 1. The molecule has 120 valence electrons. The molecule has 0 saturated heterocycles. The van der Waals surface area contributed by atoms with Crippen molar-refractivity contribution in [2.75, 3.05) is 0 Å². The van der Waals surface area contributed by atoms with Gasteiger partial charge >= 0.3 is 5.97 Å². The Morgan fingerprint density at radius 1 is 1.22 bits per heavy atom. The van der Waals surface area contributed by atoms with E-state index in [9.17, 15) is 9.59 Å². The van der Waals surface area contributed by atoms with E-state index in [1.165, 1.54) is 0 Å². The normalized spacial score (nSPS) is 16.6. The molecular weight excluding hydrogens is 294 g/mol. The molecular formula is C18H19NO4. The van der Waals surface area contributed by atoms with Crippen molar-refractivity contribution < 1.29 is 19.1 Å². The molecule has 1 amide bonds. The van der Waals surface area contributed by atoms with Crippen molar-refractivity contribution in [2.24, 2.45) is 0 Å². The highest BCUT2D eigenvalue weighted by atomic mass is 16.4. The molecule has 3 rings (SSSR count). The number of carbonyl (C=O) groups is 2. The molecule has 2 N–H and O–H groups in total. The summed E-state index contributed by atoms with van der Waals surface area (Å²) in [6, 6.07) is 8.61. The van der Waals surface area contributed by atoms with E-state index in [4.69, 9.17) is 9.52 Å². The summed E-state index contributed by atoms with van der Waals surface area (Å²) >= 11 is 0. The SMILES string of the molecule is O=C(CCc1ccc(C(=O)O)cc1)NC1CCCc2occc21. The van der Waals surface area contributed by atoms with Crippen LogP contribution in [0.25, 0.3) is 0 Å². The summed E-state index contributed by atoms with van der Waals surface area (Å²) in [6.45, 7) is 0. The van der Waals surface area contributed by atoms with Gasteiger partial charge in [-0.05, 0) is 43.0 Å². The monoisotopic (exact) mass is 313 g/mol. The predicted octanol–water partition coefficient (Wildman–Crippen LogP) is 3.10. The van der Waals surface area contributed by atoms with Crippen LogP contribution in [0.3, 0.4) is 0 Å². The second-order valence-corrected chi connectivity index (χ2v) is 5.81. The molecule has 0 aliphatic heterocycles. The van der Waals surface area contributed by atoms with Crippen molar-refractivity contribution in [1.29, 1.82) is 0 Å². The molecule has 0 bridgehead atoms. The highest BCUT2D eigenvalue weighted by Gasteiger charge is 2.23. The molecule has 5 nitrogen and oxygen atoms in total. The molecule has 1 unspecified atom stereocenters. The maximum Gasteiger partial charge on any atom is 0.335 e. The van der Waals surface area contributed by atoms with E-state index in [0.29, 0.717) is 12.8 Å². The summed E-state index contributed by atoms with van der Waals surface area (Å²) < 4.78 is 5.43. The second kappa shape index (κ2) is 6.69. The van der Waals surface area contributed by atoms with Crippen molar-refractivity contribution in [3.05, 3.63) is 59.0 Å². The molecule has 0 fully saturated rings. The highest BCUT2D eigenvalue weighted by molar-refractivity contribution is 5.87. The zero-order valence-corrected chi connectivity index (χ0v) is 12.7. The molecule has 0 radical (unpaired) electrons. The van der Waals surface area contributed by atoms with Crippen LogP contribution in [0.1, 0.15) is 52.5 Å². The van der Waals surface area contributed by atoms with Crippen LogP contribution in [0, 0.1) is 0 Å². The molecule has 2 aromatic rings. The van der Waals surface area contributed by atoms with Crippen LogP contribution >= 0.6 is 0 Å². The van der Waals surface area contributed by atoms with Gasteiger partial charge in [0.05, 0.1) is 17.9 Å². The van der Waals surface area contributed by atoms with Crippen LogP contribution in [0.4, 0.5) is 0 Å². The van der Waals surface area contributed by atoms with Crippen LogP contribution < -0.4 is 5.32 Å². The lowest BCUT2D eigenvalue weighted by atomic mass is 9.93. The average Bonchev–Trinajstić information content (AvgIpc) is 3.03. The fourth-order valence-corrected chi connectivity index (χ4v) is 2.97. The Kier molecular flexibility index (Phi) is 4.46. The molecule has 1 atom stereocenters. The van der Waals surface area contributed by atoms with E-state index >= 15 is 0 Å². The van der Waals surface area contributed by atoms with Gasteiger partial charge in [0.1, 0.15) is 5.76 Å². The van der Waals surface area contributed by atoms with Crippen LogP contribution in [0.2, 0.25) is 0 Å². The third-order valence-corrected chi connectivity index (χ3v) is 4.23. The molecule has 1 heterocycles. The van der Waals surface area contributed by atoms with Crippen LogP contribution in [0.15, 0.2) is 41.0 Å². The Bertz CT molecular complexity index is 702. The highest BCUT2D eigenvalue weighted by Crippen LogP contribution is 2.30. The first-order valence-corrected chi connectivity index (χ1v) is 7.81. The van der Waals surface area contributed by atoms with Gasteiger partial charge in [-0.1, -0.05) is 12.1 Å². The van der Waals surface area contributed by atoms with E-state index in [1.54, 1.807) is 30.5 Å². The molecule has 0 saturated carbocycles. The van der Waals surface area contributed by atoms with Crippen molar-refractivity contribution in [2.45, 2.75) is 38.1 Å². The maximum atomic E-state index is 12.2. The minimum absolute atomic E-state index is 0.00589. The van der Waals surface area contributed by atoms with E-state index in [0.717, 1.165) is 36.1 Å². The first kappa shape index (κ1) is 15.3. The van der Waals surface area contributed by atoms with Crippen molar-refractivity contribution in [3.8, 4) is 0 Å².